The summed E-state index contributed by atoms with van der Waals surface area (Å²) in [4.78, 5) is 0. The first-order valence-electron chi connectivity index (χ1n) is 5.50. The first kappa shape index (κ1) is 13.6. The van der Waals surface area contributed by atoms with Crippen molar-refractivity contribution in [2.45, 2.75) is 13.5 Å². The van der Waals surface area contributed by atoms with Gasteiger partial charge in [-0.2, -0.15) is 0 Å². The Bertz CT molecular complexity index is 549. The summed E-state index contributed by atoms with van der Waals surface area (Å²) in [6.07, 6.45) is 0. The molecule has 94 valence electrons. The van der Waals surface area contributed by atoms with Gasteiger partial charge in [0.25, 0.3) is 0 Å². The second-order valence-corrected chi connectivity index (χ2v) is 5.81. The van der Waals surface area contributed by atoms with Crippen LogP contribution in [0.1, 0.15) is 11.1 Å². The van der Waals surface area contributed by atoms with Crippen LogP contribution in [0.15, 0.2) is 45.3 Å². The van der Waals surface area contributed by atoms with E-state index in [9.17, 15) is 4.39 Å². The van der Waals surface area contributed by atoms with Crippen molar-refractivity contribution >= 4 is 37.5 Å². The highest BCUT2D eigenvalue weighted by molar-refractivity contribution is 9.10. The van der Waals surface area contributed by atoms with Crippen LogP contribution in [0.2, 0.25) is 0 Å². The quantitative estimate of drug-likeness (QED) is 0.773. The molecule has 4 heteroatoms. The number of halogens is 3. The molecule has 0 heterocycles. The number of nitrogens with one attached hydrogen (secondary N) is 1. The fraction of sp³-hybridized carbons (Fsp3) is 0.143. The Labute approximate surface area is 123 Å². The molecule has 0 fully saturated rings. The molecule has 0 unspecified atom stereocenters. The van der Waals surface area contributed by atoms with Gasteiger partial charge in [0.2, 0.25) is 0 Å². The number of hydrogen-bond donors (Lipinski definition) is 1. The van der Waals surface area contributed by atoms with E-state index in [0.29, 0.717) is 6.54 Å². The maximum Gasteiger partial charge on any atom is 0.124 e. The van der Waals surface area contributed by atoms with Gasteiger partial charge in [-0.05, 0) is 48.4 Å². The number of benzene rings is 2. The molecule has 2 rings (SSSR count). The van der Waals surface area contributed by atoms with E-state index in [-0.39, 0.29) is 5.82 Å². The van der Waals surface area contributed by atoms with E-state index in [2.05, 4.69) is 37.2 Å². The highest BCUT2D eigenvalue weighted by atomic mass is 79.9. The van der Waals surface area contributed by atoms with Gasteiger partial charge in [-0.15, -0.1) is 0 Å². The fourth-order valence-corrected chi connectivity index (χ4v) is 2.59. The molecule has 0 bridgehead atoms. The number of rotatable bonds is 3. The average molecular weight is 373 g/mol. The van der Waals surface area contributed by atoms with Gasteiger partial charge >= 0.3 is 0 Å². The molecule has 2 aromatic carbocycles. The molecule has 0 spiro atoms. The van der Waals surface area contributed by atoms with Crippen LogP contribution in [0.25, 0.3) is 0 Å². The van der Waals surface area contributed by atoms with Crippen LogP contribution >= 0.6 is 31.9 Å². The van der Waals surface area contributed by atoms with Crippen LogP contribution in [-0.4, -0.2) is 0 Å². The Hall–Kier alpha value is -0.870. The van der Waals surface area contributed by atoms with Gasteiger partial charge in [-0.1, -0.05) is 37.9 Å². The number of hydrogen-bond acceptors (Lipinski definition) is 1. The molecule has 0 aliphatic carbocycles. The highest BCUT2D eigenvalue weighted by Gasteiger charge is 2.03. The molecule has 0 amide bonds. The highest BCUT2D eigenvalue weighted by Crippen LogP contribution is 2.24. The molecule has 0 aromatic heterocycles. The lowest BCUT2D eigenvalue weighted by Gasteiger charge is -2.11. The Morgan fingerprint density at radius 1 is 1.17 bits per heavy atom. The molecule has 0 radical (unpaired) electrons. The Morgan fingerprint density at radius 2 is 1.94 bits per heavy atom. The van der Waals surface area contributed by atoms with Crippen LogP contribution in [0.3, 0.4) is 0 Å². The van der Waals surface area contributed by atoms with E-state index in [4.69, 9.17) is 0 Å². The third-order valence-corrected chi connectivity index (χ3v) is 3.99. The van der Waals surface area contributed by atoms with Gasteiger partial charge < -0.3 is 5.32 Å². The van der Waals surface area contributed by atoms with E-state index in [1.807, 2.05) is 31.2 Å². The minimum Gasteiger partial charge on any atom is -0.381 e. The summed E-state index contributed by atoms with van der Waals surface area (Å²) in [6.45, 7) is 2.63. The zero-order chi connectivity index (χ0) is 13.1. The average Bonchev–Trinajstić information content (AvgIpc) is 2.30. The van der Waals surface area contributed by atoms with Crippen molar-refractivity contribution < 1.29 is 4.39 Å². The van der Waals surface area contributed by atoms with Gasteiger partial charge in [-0.3, -0.25) is 0 Å². The maximum absolute atomic E-state index is 13.2. The fourth-order valence-electron chi connectivity index (χ4n) is 1.71. The third kappa shape index (κ3) is 3.33. The largest absolute Gasteiger partial charge is 0.381 e. The maximum atomic E-state index is 13.2. The number of anilines is 1. The van der Waals surface area contributed by atoms with Crippen molar-refractivity contribution in [3.8, 4) is 0 Å². The zero-order valence-corrected chi connectivity index (χ0v) is 13.0. The van der Waals surface area contributed by atoms with Crippen molar-refractivity contribution in [2.24, 2.45) is 0 Å². The standard InChI is InChI=1S/C14H12Br2FN/c1-9-13(16)3-2-4-14(9)18-8-10-5-11(15)7-12(17)6-10/h2-7,18H,8H2,1H3. The SMILES string of the molecule is Cc1c(Br)cccc1NCc1cc(F)cc(Br)c1. The first-order valence-corrected chi connectivity index (χ1v) is 7.09. The zero-order valence-electron chi connectivity index (χ0n) is 9.81. The minimum atomic E-state index is -0.230. The van der Waals surface area contributed by atoms with Gasteiger partial charge in [0.1, 0.15) is 5.82 Å². The van der Waals surface area contributed by atoms with Crippen molar-refractivity contribution in [1.82, 2.24) is 0 Å². The predicted molar refractivity (Wildman–Crippen MR) is 80.3 cm³/mol. The summed E-state index contributed by atoms with van der Waals surface area (Å²) in [6, 6.07) is 10.9. The van der Waals surface area contributed by atoms with E-state index in [1.165, 1.54) is 12.1 Å². The van der Waals surface area contributed by atoms with Crippen molar-refractivity contribution in [3.63, 3.8) is 0 Å². The molecule has 0 saturated carbocycles. The second-order valence-electron chi connectivity index (χ2n) is 4.04. The first-order chi connectivity index (χ1) is 8.56. The lowest BCUT2D eigenvalue weighted by atomic mass is 10.2. The van der Waals surface area contributed by atoms with Crippen molar-refractivity contribution in [1.29, 1.82) is 0 Å². The van der Waals surface area contributed by atoms with E-state index in [1.54, 1.807) is 0 Å². The molecular weight excluding hydrogens is 361 g/mol. The molecule has 0 aliphatic heterocycles. The predicted octanol–water partition coefficient (Wildman–Crippen LogP) is 5.27. The molecule has 1 N–H and O–H groups in total. The Kier molecular flexibility index (Phi) is 4.40. The molecule has 18 heavy (non-hydrogen) atoms. The molecule has 1 nitrogen and oxygen atoms in total. The molecule has 0 saturated heterocycles. The molecule has 0 atom stereocenters. The Balaban J connectivity index is 2.14. The van der Waals surface area contributed by atoms with Crippen LogP contribution in [0.5, 0.6) is 0 Å². The summed E-state index contributed by atoms with van der Waals surface area (Å²) in [7, 11) is 0. The summed E-state index contributed by atoms with van der Waals surface area (Å²) in [5.41, 5.74) is 3.10. The minimum absolute atomic E-state index is 0.230. The van der Waals surface area contributed by atoms with E-state index in [0.717, 1.165) is 25.8 Å². The van der Waals surface area contributed by atoms with Gasteiger partial charge in [-0.25, -0.2) is 4.39 Å². The normalized spacial score (nSPS) is 10.4. The summed E-state index contributed by atoms with van der Waals surface area (Å²) in [5, 5.41) is 3.31. The van der Waals surface area contributed by atoms with E-state index < -0.39 is 0 Å². The van der Waals surface area contributed by atoms with Crippen molar-refractivity contribution in [2.75, 3.05) is 5.32 Å². The van der Waals surface area contributed by atoms with Crippen LogP contribution in [0.4, 0.5) is 10.1 Å². The molecule has 0 aliphatic rings. The smallest absolute Gasteiger partial charge is 0.124 e. The third-order valence-electron chi connectivity index (χ3n) is 2.67. The second kappa shape index (κ2) is 5.85. The van der Waals surface area contributed by atoms with Gasteiger partial charge in [0.05, 0.1) is 0 Å². The van der Waals surface area contributed by atoms with E-state index >= 15 is 0 Å². The van der Waals surface area contributed by atoms with Gasteiger partial charge in [0, 0.05) is 21.2 Å². The lowest BCUT2D eigenvalue weighted by molar-refractivity contribution is 0.625. The van der Waals surface area contributed by atoms with Crippen LogP contribution < -0.4 is 5.32 Å². The van der Waals surface area contributed by atoms with Crippen LogP contribution in [0, 0.1) is 12.7 Å². The summed E-state index contributed by atoms with van der Waals surface area (Å²) in [5.74, 6) is -0.230. The lowest BCUT2D eigenvalue weighted by Crippen LogP contribution is -2.01. The Morgan fingerprint density at radius 3 is 2.67 bits per heavy atom. The van der Waals surface area contributed by atoms with Crippen molar-refractivity contribution in [3.05, 3.63) is 62.3 Å². The summed E-state index contributed by atoms with van der Waals surface area (Å²) < 4.78 is 15.0. The molecule has 2 aromatic rings. The van der Waals surface area contributed by atoms with Gasteiger partial charge in [0.15, 0.2) is 0 Å². The molecular formula is C14H12Br2FN. The monoisotopic (exact) mass is 371 g/mol. The topological polar surface area (TPSA) is 12.0 Å². The summed E-state index contributed by atoms with van der Waals surface area (Å²) >= 11 is 6.78. The van der Waals surface area contributed by atoms with Crippen LogP contribution in [-0.2, 0) is 6.54 Å².